The number of nitrogens with one attached hydrogen (secondary N) is 2. The number of aliphatic carboxylic acids is 1. The van der Waals surface area contributed by atoms with Crippen LogP contribution in [0.2, 0.25) is 0 Å². The largest absolute Gasteiger partial charge is 0.480 e. The molecule has 1 aliphatic rings. The summed E-state index contributed by atoms with van der Waals surface area (Å²) in [5, 5.41) is 14.5. The van der Waals surface area contributed by atoms with E-state index in [0.717, 1.165) is 22.3 Å². The first kappa shape index (κ1) is 23.3. The Kier molecular flexibility index (Phi) is 6.87. The average Bonchev–Trinajstić information content (AvgIpc) is 3.03. The summed E-state index contributed by atoms with van der Waals surface area (Å²) in [6.45, 7) is 7.08. The molecule has 2 amide bonds. The highest BCUT2D eigenvalue weighted by molar-refractivity contribution is 5.84. The number of carbonyl (C=O) groups excluding carboxylic acids is 2. The van der Waals surface area contributed by atoms with Gasteiger partial charge in [0.2, 0.25) is 5.91 Å². The zero-order valence-electron chi connectivity index (χ0n) is 18.8. The molecule has 0 saturated heterocycles. The first-order valence-electron chi connectivity index (χ1n) is 10.7. The topological polar surface area (TPSA) is 105 Å². The summed E-state index contributed by atoms with van der Waals surface area (Å²) < 4.78 is 5.49. The first-order chi connectivity index (χ1) is 15.1. The van der Waals surface area contributed by atoms with Crippen LogP contribution in [0.1, 0.15) is 51.2 Å². The molecular formula is C25H30N2O5. The lowest BCUT2D eigenvalue weighted by Gasteiger charge is -2.28. The van der Waals surface area contributed by atoms with Gasteiger partial charge in [-0.25, -0.2) is 9.59 Å². The number of hydrogen-bond acceptors (Lipinski definition) is 4. The predicted molar refractivity (Wildman–Crippen MR) is 121 cm³/mol. The molecular weight excluding hydrogens is 408 g/mol. The second-order valence-corrected chi connectivity index (χ2v) is 9.28. The van der Waals surface area contributed by atoms with Crippen molar-refractivity contribution in [3.05, 3.63) is 59.7 Å². The number of carboxylic acid groups (broad SMARTS) is 1. The van der Waals surface area contributed by atoms with Gasteiger partial charge in [-0.2, -0.15) is 0 Å². The second kappa shape index (κ2) is 9.42. The third kappa shape index (κ3) is 5.28. The second-order valence-electron chi connectivity index (χ2n) is 9.28. The number of alkyl carbamates (subject to hydrolysis) is 1. The minimum absolute atomic E-state index is 0.0464. The molecule has 32 heavy (non-hydrogen) atoms. The van der Waals surface area contributed by atoms with Gasteiger partial charge in [0.1, 0.15) is 12.6 Å². The molecule has 2 aromatic rings. The first-order valence-corrected chi connectivity index (χ1v) is 10.7. The van der Waals surface area contributed by atoms with E-state index in [0.29, 0.717) is 0 Å². The Morgan fingerprint density at radius 3 is 2.00 bits per heavy atom. The van der Waals surface area contributed by atoms with Gasteiger partial charge in [-0.05, 0) is 34.6 Å². The summed E-state index contributed by atoms with van der Waals surface area (Å²) in [5.41, 5.74) is 3.90. The molecule has 0 saturated carbocycles. The Hall–Kier alpha value is -3.35. The van der Waals surface area contributed by atoms with Crippen LogP contribution in [0.5, 0.6) is 0 Å². The van der Waals surface area contributed by atoms with Gasteiger partial charge in [-0.15, -0.1) is 0 Å². The number of amides is 2. The average molecular weight is 439 g/mol. The lowest BCUT2D eigenvalue weighted by atomic mass is 9.86. The Bertz CT molecular complexity index is 966. The van der Waals surface area contributed by atoms with Crippen molar-refractivity contribution in [1.29, 1.82) is 0 Å². The van der Waals surface area contributed by atoms with Crippen molar-refractivity contribution in [3.8, 4) is 11.1 Å². The van der Waals surface area contributed by atoms with E-state index in [9.17, 15) is 19.5 Å². The van der Waals surface area contributed by atoms with Crippen LogP contribution in [0.4, 0.5) is 4.79 Å². The highest BCUT2D eigenvalue weighted by Gasteiger charge is 2.33. The predicted octanol–water partition coefficient (Wildman–Crippen LogP) is 3.92. The fourth-order valence-electron chi connectivity index (χ4n) is 4.04. The molecule has 0 aliphatic heterocycles. The highest BCUT2D eigenvalue weighted by Crippen LogP contribution is 2.44. The van der Waals surface area contributed by atoms with Crippen LogP contribution in [0.3, 0.4) is 0 Å². The van der Waals surface area contributed by atoms with E-state index in [4.69, 9.17) is 4.74 Å². The van der Waals surface area contributed by atoms with Crippen molar-refractivity contribution in [2.24, 2.45) is 5.41 Å². The molecule has 3 N–H and O–H groups in total. The zero-order chi connectivity index (χ0) is 23.5. The number of ether oxygens (including phenoxy) is 1. The van der Waals surface area contributed by atoms with Gasteiger partial charge < -0.3 is 20.5 Å². The van der Waals surface area contributed by atoms with E-state index in [1.54, 1.807) is 27.7 Å². The van der Waals surface area contributed by atoms with Crippen molar-refractivity contribution in [1.82, 2.24) is 10.6 Å². The molecule has 0 bridgehead atoms. The van der Waals surface area contributed by atoms with Crippen LogP contribution in [0, 0.1) is 5.41 Å². The molecule has 0 fully saturated rings. The van der Waals surface area contributed by atoms with Gasteiger partial charge in [0.15, 0.2) is 0 Å². The summed E-state index contributed by atoms with van der Waals surface area (Å²) in [5.74, 6) is -1.59. The Morgan fingerprint density at radius 2 is 1.50 bits per heavy atom. The molecule has 170 valence electrons. The number of benzene rings is 2. The van der Waals surface area contributed by atoms with Crippen LogP contribution < -0.4 is 10.6 Å². The Morgan fingerprint density at radius 1 is 0.969 bits per heavy atom. The van der Waals surface area contributed by atoms with Crippen molar-refractivity contribution in [2.45, 2.75) is 52.1 Å². The smallest absolute Gasteiger partial charge is 0.407 e. The maximum Gasteiger partial charge on any atom is 0.407 e. The van der Waals surface area contributed by atoms with Gasteiger partial charge >= 0.3 is 12.1 Å². The van der Waals surface area contributed by atoms with E-state index in [-0.39, 0.29) is 18.9 Å². The van der Waals surface area contributed by atoms with E-state index < -0.39 is 35.5 Å². The van der Waals surface area contributed by atoms with E-state index in [2.05, 4.69) is 22.8 Å². The Balaban J connectivity index is 1.54. The molecule has 0 spiro atoms. The van der Waals surface area contributed by atoms with Gasteiger partial charge in [-0.3, -0.25) is 4.79 Å². The third-order valence-corrected chi connectivity index (χ3v) is 5.62. The zero-order valence-corrected chi connectivity index (χ0v) is 18.8. The number of carboxylic acids is 1. The quantitative estimate of drug-likeness (QED) is 0.608. The van der Waals surface area contributed by atoms with Crippen LogP contribution in [-0.4, -0.2) is 41.8 Å². The molecule has 2 aromatic carbocycles. The molecule has 0 aromatic heterocycles. The third-order valence-electron chi connectivity index (χ3n) is 5.62. The molecule has 7 nitrogen and oxygen atoms in total. The standard InChI is InChI=1S/C25H30N2O5/c1-15(13-21(28)27-22(23(29)30)25(2,3)4)26-24(31)32-14-20-18-11-7-5-9-16(18)17-10-6-8-12-19(17)20/h5-12,15,20,22H,13-14H2,1-4H3,(H,26,31)(H,27,28)(H,29,30)/t15-,22-/m0/s1. The molecule has 1 aliphatic carbocycles. The summed E-state index contributed by atoms with van der Waals surface area (Å²) in [6, 6.07) is 14.6. The molecule has 0 radical (unpaired) electrons. The maximum absolute atomic E-state index is 12.3. The van der Waals surface area contributed by atoms with Crippen LogP contribution >= 0.6 is 0 Å². The summed E-state index contributed by atoms with van der Waals surface area (Å²) >= 11 is 0. The summed E-state index contributed by atoms with van der Waals surface area (Å²) in [7, 11) is 0. The van der Waals surface area contributed by atoms with Gasteiger partial charge in [0, 0.05) is 18.4 Å². The molecule has 2 atom stereocenters. The molecule has 0 heterocycles. The van der Waals surface area contributed by atoms with E-state index in [1.165, 1.54) is 0 Å². The van der Waals surface area contributed by atoms with Crippen LogP contribution in [0.25, 0.3) is 11.1 Å². The van der Waals surface area contributed by atoms with Crippen LogP contribution in [-0.2, 0) is 14.3 Å². The monoisotopic (exact) mass is 438 g/mol. The van der Waals surface area contributed by atoms with Gasteiger partial charge in [0.25, 0.3) is 0 Å². The fraction of sp³-hybridized carbons (Fsp3) is 0.400. The normalized spacial score (nSPS) is 14.6. The van der Waals surface area contributed by atoms with Gasteiger partial charge in [-0.1, -0.05) is 69.3 Å². The number of hydrogen-bond donors (Lipinski definition) is 3. The minimum Gasteiger partial charge on any atom is -0.480 e. The summed E-state index contributed by atoms with van der Waals surface area (Å²) in [6.07, 6.45) is -0.665. The number of fused-ring (bicyclic) bond motifs is 3. The Labute approximate surface area is 188 Å². The van der Waals surface area contributed by atoms with E-state index >= 15 is 0 Å². The van der Waals surface area contributed by atoms with Crippen molar-refractivity contribution >= 4 is 18.0 Å². The van der Waals surface area contributed by atoms with Crippen molar-refractivity contribution in [2.75, 3.05) is 6.61 Å². The van der Waals surface area contributed by atoms with Crippen molar-refractivity contribution in [3.63, 3.8) is 0 Å². The van der Waals surface area contributed by atoms with E-state index in [1.807, 2.05) is 36.4 Å². The lowest BCUT2D eigenvalue weighted by molar-refractivity contribution is -0.145. The van der Waals surface area contributed by atoms with Crippen molar-refractivity contribution < 1.29 is 24.2 Å². The number of rotatable bonds is 7. The SMILES string of the molecule is C[C@@H](CC(=O)N[C@@H](C(=O)O)C(C)(C)C)NC(=O)OCC1c2ccccc2-c2ccccc21. The molecule has 7 heteroatoms. The fourth-order valence-corrected chi connectivity index (χ4v) is 4.04. The van der Waals surface area contributed by atoms with Crippen LogP contribution in [0.15, 0.2) is 48.5 Å². The maximum atomic E-state index is 12.3. The molecule has 3 rings (SSSR count). The lowest BCUT2D eigenvalue weighted by Crippen LogP contribution is -2.50. The highest BCUT2D eigenvalue weighted by atomic mass is 16.5. The minimum atomic E-state index is -1.09. The van der Waals surface area contributed by atoms with Gasteiger partial charge in [0.05, 0.1) is 0 Å². The number of carbonyl (C=O) groups is 3. The summed E-state index contributed by atoms with van der Waals surface area (Å²) in [4.78, 5) is 36.0. The molecule has 0 unspecified atom stereocenters.